The molecule has 30 nitrogen and oxygen atoms in total. The van der Waals surface area contributed by atoms with E-state index in [9.17, 15) is 89.1 Å². The van der Waals surface area contributed by atoms with Crippen molar-refractivity contribution >= 4 is 58.7 Å². The molecule has 5 amide bonds. The van der Waals surface area contributed by atoms with E-state index >= 15 is 0 Å². The van der Waals surface area contributed by atoms with Crippen molar-refractivity contribution in [1.82, 2.24) is 20.4 Å². The molecule has 4 heterocycles. The van der Waals surface area contributed by atoms with Gasteiger partial charge in [0.1, 0.15) is 66.4 Å². The molecule has 3 saturated heterocycles. The summed E-state index contributed by atoms with van der Waals surface area (Å²) in [4.78, 5) is 118. The van der Waals surface area contributed by atoms with Crippen molar-refractivity contribution in [3.63, 3.8) is 0 Å². The zero-order chi connectivity index (χ0) is 64.9. The molecule has 12 N–H and O–H groups in total. The Balaban J connectivity index is 0.800. The normalized spacial score (nSPS) is 27.0. The highest BCUT2D eigenvalue weighted by Gasteiger charge is 2.51. The molecule has 0 radical (unpaired) electrons. The highest BCUT2D eigenvalue weighted by molar-refractivity contribution is 6.31. The number of methoxy groups -OCH3 is 1. The molecule has 3 aromatic rings. The minimum atomic E-state index is -2.39. The largest absolute Gasteiger partial charge is 0.507 e. The Morgan fingerprint density at radius 2 is 1.56 bits per heavy atom. The summed E-state index contributed by atoms with van der Waals surface area (Å²) in [5.41, 5.74) is -4.04. The molecule has 0 saturated carbocycles. The van der Waals surface area contributed by atoms with Crippen LogP contribution in [0, 0.1) is 0 Å². The summed E-state index contributed by atoms with van der Waals surface area (Å²) in [6.07, 6.45) is -13.1. The molecule has 6 aliphatic rings. The Bertz CT molecular complexity index is 3300. The Labute approximate surface area is 513 Å². The number of carbonyl (C=O) groups excluding carboxylic acids is 8. The minimum Gasteiger partial charge on any atom is -0.507 e. The molecule has 30 heteroatoms. The van der Waals surface area contributed by atoms with Gasteiger partial charge in [0.05, 0.1) is 61.0 Å². The number of carboxylic acids is 1. The van der Waals surface area contributed by atoms with Gasteiger partial charge in [-0.05, 0) is 62.9 Å². The number of rotatable bonds is 25. The quantitative estimate of drug-likeness (QED) is 0.0228. The predicted molar refractivity (Wildman–Crippen MR) is 303 cm³/mol. The van der Waals surface area contributed by atoms with E-state index in [1.54, 1.807) is 6.92 Å². The Kier molecular flexibility index (Phi) is 21.0. The van der Waals surface area contributed by atoms with Gasteiger partial charge in [0.25, 0.3) is 11.8 Å². The maximum Gasteiger partial charge on any atom is 0.412 e. The number of amides is 5. The first-order valence-corrected chi connectivity index (χ1v) is 29.3. The van der Waals surface area contributed by atoms with Gasteiger partial charge in [0.15, 0.2) is 24.0 Å². The van der Waals surface area contributed by atoms with Gasteiger partial charge in [-0.3, -0.25) is 43.4 Å². The average molecular weight is 1260 g/mol. The van der Waals surface area contributed by atoms with Crippen molar-refractivity contribution in [3.8, 4) is 23.0 Å². The lowest BCUT2D eigenvalue weighted by Gasteiger charge is -2.43. The summed E-state index contributed by atoms with van der Waals surface area (Å²) < 4.78 is 40.4. The number of ether oxygens (including phenoxy) is 7. The van der Waals surface area contributed by atoms with Crippen LogP contribution < -0.4 is 25.4 Å². The van der Waals surface area contributed by atoms with Gasteiger partial charge in [-0.25, -0.2) is 9.59 Å². The third kappa shape index (κ3) is 14.1. The summed E-state index contributed by atoms with van der Waals surface area (Å²) in [5, 5.41) is 106. The molecule has 2 aliphatic carbocycles. The number of aromatic hydroxyl groups is 2. The van der Waals surface area contributed by atoms with Gasteiger partial charge in [0.2, 0.25) is 23.9 Å². The van der Waals surface area contributed by atoms with Gasteiger partial charge in [-0.2, -0.15) is 0 Å². The third-order valence-electron chi connectivity index (χ3n) is 16.6. The van der Waals surface area contributed by atoms with Crippen LogP contribution in [0.1, 0.15) is 119 Å². The molecular weight excluding hydrogens is 1190 g/mol. The number of anilines is 1. The topological polar surface area (TPSA) is 443 Å². The number of carbonyl (C=O) groups is 9. The second-order valence-electron chi connectivity index (χ2n) is 22.6. The van der Waals surface area contributed by atoms with E-state index in [2.05, 4.69) is 16.0 Å². The number of nitrogens with zero attached hydrogens (tertiary/aromatic N) is 2. The maximum absolute atomic E-state index is 14.1. The number of aliphatic hydroxyl groups excluding tert-OH is 5. The summed E-state index contributed by atoms with van der Waals surface area (Å²) in [5.74, 6) is -7.91. The van der Waals surface area contributed by atoms with Crippen molar-refractivity contribution in [2.75, 3.05) is 51.8 Å². The van der Waals surface area contributed by atoms with Gasteiger partial charge in [-0.1, -0.05) is 24.6 Å². The molecule has 4 aliphatic heterocycles. The average Bonchev–Trinajstić information content (AvgIpc) is 0.799. The number of imide groups is 1. The van der Waals surface area contributed by atoms with Crippen LogP contribution in [0.2, 0.25) is 0 Å². The number of carboxylic acid groups (broad SMARTS) is 1. The van der Waals surface area contributed by atoms with Gasteiger partial charge >= 0.3 is 12.1 Å². The molecule has 3 fully saturated rings. The molecule has 90 heavy (non-hydrogen) atoms. The first-order valence-electron chi connectivity index (χ1n) is 29.3. The third-order valence-corrected chi connectivity index (χ3v) is 16.6. The number of hydrogen-bond donors (Lipinski definition) is 12. The number of Topliss-reactive ketones (excluding diaryl/α,β-unsaturated/α-hetero) is 1. The van der Waals surface area contributed by atoms with E-state index in [1.165, 1.54) is 60.6 Å². The molecule has 0 aromatic heterocycles. The lowest BCUT2D eigenvalue weighted by atomic mass is 9.72. The smallest absolute Gasteiger partial charge is 0.412 e. The number of nitrogens with one attached hydrogen (secondary N) is 3. The van der Waals surface area contributed by atoms with Crippen LogP contribution in [0.5, 0.6) is 23.0 Å². The second-order valence-corrected chi connectivity index (χ2v) is 22.6. The lowest BCUT2D eigenvalue weighted by molar-refractivity contribution is -0.271. The van der Waals surface area contributed by atoms with Gasteiger partial charge in [-0.15, -0.1) is 0 Å². The van der Waals surface area contributed by atoms with E-state index in [0.29, 0.717) is 31.2 Å². The predicted octanol–water partition coefficient (Wildman–Crippen LogP) is -0.391. The van der Waals surface area contributed by atoms with E-state index < -0.39 is 162 Å². The Morgan fingerprint density at radius 1 is 0.811 bits per heavy atom. The van der Waals surface area contributed by atoms with E-state index in [4.69, 9.17) is 33.2 Å². The fourth-order valence-electron chi connectivity index (χ4n) is 11.8. The molecule has 6 unspecified atom stereocenters. The molecule has 0 bridgehead atoms. The SMILES string of the molecule is COc1cccc2c1C(=O)c1c(O)c3c(c(O)c1C2=O)C[C@@](O)(C(=O)CO)CC3OC1CC(NCCCC2OCCN2C(=O)OCc2ccc(O[C@@H]3O[C@H](C(=O)O)[C@@H](O)[C@H](O)[C@H]3O)c(NC(=O)CCNC(=O)CCCCCN3C(=O)C=CC3=O)c2)C(O)C(C)O1. The van der Waals surface area contributed by atoms with E-state index in [1.807, 2.05) is 0 Å². The van der Waals surface area contributed by atoms with Crippen molar-refractivity contribution in [2.24, 2.45) is 0 Å². The molecule has 486 valence electrons. The fraction of sp³-hybridized carbons (Fsp3) is 0.517. The van der Waals surface area contributed by atoms with Crippen LogP contribution in [0.3, 0.4) is 0 Å². The molecular formula is C60H71N5O25. The monoisotopic (exact) mass is 1260 g/mol. The number of phenols is 2. The van der Waals surface area contributed by atoms with Crippen LogP contribution in [-0.2, 0) is 65.5 Å². The van der Waals surface area contributed by atoms with Gasteiger partial charge < -0.3 is 95.1 Å². The van der Waals surface area contributed by atoms with E-state index in [-0.39, 0.29) is 110 Å². The molecule has 0 spiro atoms. The number of aliphatic carboxylic acids is 1. The van der Waals surface area contributed by atoms with Crippen molar-refractivity contribution in [3.05, 3.63) is 87.5 Å². The van der Waals surface area contributed by atoms with Crippen molar-refractivity contribution in [2.45, 2.75) is 151 Å². The van der Waals surface area contributed by atoms with Gasteiger partial charge in [0, 0.05) is 80.1 Å². The number of aliphatic hydroxyl groups is 6. The van der Waals surface area contributed by atoms with Crippen molar-refractivity contribution in [1.29, 1.82) is 0 Å². The zero-order valence-electron chi connectivity index (χ0n) is 48.9. The summed E-state index contributed by atoms with van der Waals surface area (Å²) in [6.45, 7) is 0.724. The number of hydrogen-bond acceptors (Lipinski definition) is 25. The number of unbranched alkanes of at least 4 members (excludes halogenated alkanes) is 2. The number of ketones is 3. The standard InChI is InChI=1S/C60H71N5O25/c1-28-48(72)33(23-43(87-28)88-36-25-60(83,37(67)26-66)24-31-45(36)52(76)47-46(50(31)74)49(73)30-8-6-9-35(84-2)44(30)51(47)75)61-17-7-11-42-65(20-21-85-42)59(82)86-27-29-12-13-34(89-58-55(79)53(77)54(78)56(90-58)57(80)81)32(22-29)63-39(69)16-18-62-38(68)10-4-3-5-19-64-40(70)14-15-41(64)71/h6,8-9,12-15,22,28,33,36,42-43,48,53-56,58,61,66,72,74,76-79,83H,3-5,7,10-11,16-21,23-27H2,1-2H3,(H,62,68)(H,63,69)(H,80,81)/t28?,33?,36?,42?,43?,48?,53-,54-,55+,56-,58+,60-/m0/s1. The number of phenolic OH excluding ortho intramolecular Hbond substituents is 2. The summed E-state index contributed by atoms with van der Waals surface area (Å²) in [6, 6.07) is 7.60. The van der Waals surface area contributed by atoms with Crippen LogP contribution in [0.4, 0.5) is 10.5 Å². The maximum atomic E-state index is 14.1. The summed E-state index contributed by atoms with van der Waals surface area (Å²) >= 11 is 0. The first-order chi connectivity index (χ1) is 42.9. The second kappa shape index (κ2) is 28.4. The van der Waals surface area contributed by atoms with Crippen LogP contribution >= 0.6 is 0 Å². The molecule has 12 atom stereocenters. The Hall–Kier alpha value is -8.01. The first kappa shape index (κ1) is 66.4. The van der Waals surface area contributed by atoms with Crippen LogP contribution in [0.15, 0.2) is 48.6 Å². The Morgan fingerprint density at radius 3 is 2.28 bits per heavy atom. The molecule has 3 aromatic carbocycles. The van der Waals surface area contributed by atoms with E-state index in [0.717, 1.165) is 4.90 Å². The van der Waals surface area contributed by atoms with Crippen LogP contribution in [-0.4, -0.2) is 222 Å². The van der Waals surface area contributed by atoms with Crippen LogP contribution in [0.25, 0.3) is 0 Å². The summed E-state index contributed by atoms with van der Waals surface area (Å²) in [7, 11) is 1.29. The number of benzene rings is 3. The van der Waals surface area contributed by atoms with Crippen molar-refractivity contribution < 1.29 is 122 Å². The highest BCUT2D eigenvalue weighted by atomic mass is 16.7. The molecule has 9 rings (SSSR count). The fourth-order valence-corrected chi connectivity index (χ4v) is 11.8. The zero-order valence-corrected chi connectivity index (χ0v) is 48.9. The lowest BCUT2D eigenvalue weighted by Crippen LogP contribution is -2.61. The highest BCUT2D eigenvalue weighted by Crippen LogP contribution is 2.53. The minimum absolute atomic E-state index is 0.0314. The number of fused-ring (bicyclic) bond motifs is 3.